The normalized spacial score (nSPS) is 67.0. The fourth-order valence-electron chi connectivity index (χ4n) is 3.96. The van der Waals surface area contributed by atoms with Crippen LogP contribution in [0.15, 0.2) is 0 Å². The van der Waals surface area contributed by atoms with Crippen LogP contribution in [-0.2, 0) is 0 Å². The molecular weight excluding hydrogens is 108 g/mol. The lowest BCUT2D eigenvalue weighted by Crippen LogP contribution is -1.94. The van der Waals surface area contributed by atoms with Crippen molar-refractivity contribution >= 4 is 0 Å². The minimum Gasteiger partial charge on any atom is -0.0648 e. The summed E-state index contributed by atoms with van der Waals surface area (Å²) in [6.45, 7) is 2.39. The van der Waals surface area contributed by atoms with Crippen molar-refractivity contribution in [1.82, 2.24) is 0 Å². The van der Waals surface area contributed by atoms with Crippen LogP contribution in [0, 0.1) is 23.2 Å². The topological polar surface area (TPSA) is 0 Å². The predicted molar refractivity (Wildman–Crippen MR) is 37.0 cm³/mol. The molecule has 2 atom stereocenters. The van der Waals surface area contributed by atoms with E-state index >= 15 is 0 Å². The molecule has 0 nitrogen and oxygen atoms in total. The standard InChI is InChI=1S/C9H14/c1-2-9-5-6-3-7(9)8(9)4-6/h6-8H,2-5H2,1H3. The Morgan fingerprint density at radius 1 is 1.33 bits per heavy atom. The van der Waals surface area contributed by atoms with Gasteiger partial charge in [0.15, 0.2) is 0 Å². The van der Waals surface area contributed by atoms with Crippen LogP contribution < -0.4 is 0 Å². The van der Waals surface area contributed by atoms with E-state index in [1.807, 2.05) is 0 Å². The first-order valence-corrected chi connectivity index (χ1v) is 4.37. The van der Waals surface area contributed by atoms with Crippen LogP contribution >= 0.6 is 0 Å². The van der Waals surface area contributed by atoms with Crippen LogP contribution in [0.4, 0.5) is 0 Å². The van der Waals surface area contributed by atoms with Crippen molar-refractivity contribution in [2.75, 3.05) is 0 Å². The summed E-state index contributed by atoms with van der Waals surface area (Å²) in [4.78, 5) is 0. The summed E-state index contributed by atoms with van der Waals surface area (Å²) in [7, 11) is 0. The Morgan fingerprint density at radius 2 is 2.00 bits per heavy atom. The summed E-state index contributed by atoms with van der Waals surface area (Å²) >= 11 is 0. The summed E-state index contributed by atoms with van der Waals surface area (Å²) in [6.07, 6.45) is 6.31. The fourth-order valence-corrected chi connectivity index (χ4v) is 3.96. The molecular formula is C9H14. The third-order valence-corrected chi connectivity index (χ3v) is 4.35. The number of hydrogen-bond acceptors (Lipinski definition) is 0. The van der Waals surface area contributed by atoms with Gasteiger partial charge in [0.1, 0.15) is 0 Å². The molecule has 4 rings (SSSR count). The summed E-state index contributed by atoms with van der Waals surface area (Å²) in [5, 5.41) is 0. The molecule has 0 N–H and O–H groups in total. The largest absolute Gasteiger partial charge is 0.0648 e. The highest BCUT2D eigenvalue weighted by atomic mass is 14.8. The smallest absolute Gasteiger partial charge is 0.0235 e. The third kappa shape index (κ3) is 0.320. The molecule has 0 saturated heterocycles. The Hall–Kier alpha value is 0. The lowest BCUT2D eigenvalue weighted by molar-refractivity contribution is 0.463. The third-order valence-electron chi connectivity index (χ3n) is 4.35. The molecule has 0 aliphatic heterocycles. The number of hydrogen-bond donors (Lipinski definition) is 0. The minimum atomic E-state index is 0.935. The monoisotopic (exact) mass is 122 g/mol. The van der Waals surface area contributed by atoms with Gasteiger partial charge in [-0.1, -0.05) is 6.92 Å². The summed E-state index contributed by atoms with van der Waals surface area (Å²) < 4.78 is 0. The first-order valence-electron chi connectivity index (χ1n) is 4.37. The first-order chi connectivity index (χ1) is 4.37. The highest BCUT2D eigenvalue weighted by molar-refractivity contribution is 5.21. The molecule has 0 aromatic rings. The molecule has 0 radical (unpaired) electrons. The zero-order chi connectivity index (χ0) is 6.06. The van der Waals surface area contributed by atoms with Crippen molar-refractivity contribution in [2.45, 2.75) is 32.6 Å². The van der Waals surface area contributed by atoms with Crippen LogP contribution in [-0.4, -0.2) is 0 Å². The maximum atomic E-state index is 2.39. The molecule has 4 aliphatic carbocycles. The minimum absolute atomic E-state index is 0.935. The van der Waals surface area contributed by atoms with Crippen LogP contribution in [0.5, 0.6) is 0 Å². The SMILES string of the molecule is CCC12CC3CC1C2C3. The van der Waals surface area contributed by atoms with Gasteiger partial charge in [0, 0.05) is 0 Å². The summed E-state index contributed by atoms with van der Waals surface area (Å²) in [5.41, 5.74) is 0.935. The Kier molecular flexibility index (Phi) is 0.574. The highest BCUT2D eigenvalue weighted by Gasteiger charge is 2.72. The van der Waals surface area contributed by atoms with Crippen molar-refractivity contribution in [2.24, 2.45) is 23.2 Å². The van der Waals surface area contributed by atoms with Crippen molar-refractivity contribution in [1.29, 1.82) is 0 Å². The van der Waals surface area contributed by atoms with E-state index in [-0.39, 0.29) is 0 Å². The molecule has 2 unspecified atom stereocenters. The van der Waals surface area contributed by atoms with E-state index < -0.39 is 0 Å². The zero-order valence-electron chi connectivity index (χ0n) is 6.06. The Bertz CT molecular complexity index is 147. The molecule has 0 aromatic heterocycles. The van der Waals surface area contributed by atoms with E-state index in [4.69, 9.17) is 0 Å². The number of rotatable bonds is 1. The summed E-state index contributed by atoms with van der Waals surface area (Å²) in [5.74, 6) is 3.61. The van der Waals surface area contributed by atoms with Crippen LogP contribution in [0.2, 0.25) is 0 Å². The van der Waals surface area contributed by atoms with Gasteiger partial charge in [-0.3, -0.25) is 0 Å². The van der Waals surface area contributed by atoms with E-state index in [2.05, 4.69) is 6.92 Å². The van der Waals surface area contributed by atoms with Gasteiger partial charge >= 0.3 is 0 Å². The molecule has 0 amide bonds. The van der Waals surface area contributed by atoms with Crippen LogP contribution in [0.3, 0.4) is 0 Å². The molecule has 0 spiro atoms. The van der Waals surface area contributed by atoms with Gasteiger partial charge in [0.2, 0.25) is 0 Å². The molecule has 0 aromatic carbocycles. The van der Waals surface area contributed by atoms with Gasteiger partial charge in [0.05, 0.1) is 0 Å². The molecule has 0 heteroatoms. The van der Waals surface area contributed by atoms with E-state index in [0.717, 1.165) is 5.41 Å². The molecule has 4 aliphatic rings. The van der Waals surface area contributed by atoms with Crippen molar-refractivity contribution < 1.29 is 0 Å². The average molecular weight is 122 g/mol. The Balaban J connectivity index is 2.02. The second-order valence-electron chi connectivity index (χ2n) is 4.34. The second-order valence-corrected chi connectivity index (χ2v) is 4.34. The van der Waals surface area contributed by atoms with Gasteiger partial charge in [-0.25, -0.2) is 0 Å². The molecule has 4 fully saturated rings. The van der Waals surface area contributed by atoms with Crippen molar-refractivity contribution in [3.8, 4) is 0 Å². The molecule has 4 bridgehead atoms. The second kappa shape index (κ2) is 1.09. The molecule has 4 saturated carbocycles. The van der Waals surface area contributed by atoms with Gasteiger partial charge in [-0.05, 0) is 48.9 Å². The molecule has 9 heavy (non-hydrogen) atoms. The lowest BCUT2D eigenvalue weighted by atomic mass is 10.0. The molecule has 0 heterocycles. The van der Waals surface area contributed by atoms with Crippen molar-refractivity contribution in [3.05, 3.63) is 0 Å². The van der Waals surface area contributed by atoms with Crippen molar-refractivity contribution in [3.63, 3.8) is 0 Å². The van der Waals surface area contributed by atoms with E-state index in [1.165, 1.54) is 24.2 Å². The van der Waals surface area contributed by atoms with Gasteiger partial charge in [0.25, 0.3) is 0 Å². The maximum Gasteiger partial charge on any atom is -0.0235 e. The average Bonchev–Trinajstić information content (AvgIpc) is 2.44. The first kappa shape index (κ1) is 4.76. The van der Waals surface area contributed by atoms with Gasteiger partial charge in [-0.2, -0.15) is 0 Å². The van der Waals surface area contributed by atoms with E-state index in [0.29, 0.717) is 0 Å². The maximum absolute atomic E-state index is 2.39. The lowest BCUT2D eigenvalue weighted by Gasteiger charge is -2.04. The summed E-state index contributed by atoms with van der Waals surface area (Å²) in [6, 6.07) is 0. The van der Waals surface area contributed by atoms with Gasteiger partial charge in [-0.15, -0.1) is 0 Å². The van der Waals surface area contributed by atoms with Gasteiger partial charge < -0.3 is 0 Å². The Morgan fingerprint density at radius 3 is 2.22 bits per heavy atom. The molecule has 50 valence electrons. The van der Waals surface area contributed by atoms with E-state index in [9.17, 15) is 0 Å². The zero-order valence-corrected chi connectivity index (χ0v) is 6.06. The van der Waals surface area contributed by atoms with Crippen LogP contribution in [0.25, 0.3) is 0 Å². The fraction of sp³-hybridized carbons (Fsp3) is 1.00. The highest BCUT2D eigenvalue weighted by Crippen LogP contribution is 2.80. The predicted octanol–water partition coefficient (Wildman–Crippen LogP) is 2.44. The Labute approximate surface area is 56.6 Å². The van der Waals surface area contributed by atoms with Crippen LogP contribution in [0.1, 0.15) is 32.6 Å². The quantitative estimate of drug-likeness (QED) is 0.501. The van der Waals surface area contributed by atoms with E-state index in [1.54, 1.807) is 19.3 Å².